The zero-order chi connectivity index (χ0) is 18.0. The second-order valence-electron chi connectivity index (χ2n) is 5.95. The molecule has 0 aliphatic rings. The van der Waals surface area contributed by atoms with Crippen LogP contribution in [0, 0.1) is 13.8 Å². The van der Waals surface area contributed by atoms with Crippen molar-refractivity contribution in [3.05, 3.63) is 69.9 Å². The molecule has 0 unspecified atom stereocenters. The van der Waals surface area contributed by atoms with Gasteiger partial charge in [0.2, 0.25) is 0 Å². The minimum Gasteiger partial charge on any atom is -0.457 e. The minimum atomic E-state index is -0.360. The minimum absolute atomic E-state index is 0.0951. The van der Waals surface area contributed by atoms with E-state index in [2.05, 4.69) is 4.98 Å². The molecule has 0 atom stereocenters. The average Bonchev–Trinajstić information content (AvgIpc) is 2.58. The SMILES string of the molecule is CSc1ccc2cc(COC(=O)c3cc(C)cc(C)c3)c(Cl)nc2c1. The molecule has 0 aliphatic heterocycles. The van der Waals surface area contributed by atoms with Gasteiger partial charge >= 0.3 is 5.97 Å². The molecule has 128 valence electrons. The summed E-state index contributed by atoms with van der Waals surface area (Å²) < 4.78 is 5.43. The number of aryl methyl sites for hydroxylation is 2. The Morgan fingerprint density at radius 2 is 1.84 bits per heavy atom. The highest BCUT2D eigenvalue weighted by atomic mass is 35.5. The lowest BCUT2D eigenvalue weighted by Crippen LogP contribution is -2.06. The topological polar surface area (TPSA) is 39.2 Å². The van der Waals surface area contributed by atoms with Crippen molar-refractivity contribution in [2.24, 2.45) is 0 Å². The van der Waals surface area contributed by atoms with Crippen LogP contribution in [0.4, 0.5) is 0 Å². The molecule has 0 bridgehead atoms. The number of aromatic nitrogens is 1. The fourth-order valence-corrected chi connectivity index (χ4v) is 3.35. The van der Waals surface area contributed by atoms with Crippen LogP contribution in [0.2, 0.25) is 5.15 Å². The maximum Gasteiger partial charge on any atom is 0.338 e. The molecule has 0 N–H and O–H groups in total. The largest absolute Gasteiger partial charge is 0.457 e. The molecule has 5 heteroatoms. The zero-order valence-electron chi connectivity index (χ0n) is 14.3. The number of halogens is 1. The predicted molar refractivity (Wildman–Crippen MR) is 104 cm³/mol. The summed E-state index contributed by atoms with van der Waals surface area (Å²) in [7, 11) is 0. The summed E-state index contributed by atoms with van der Waals surface area (Å²) in [4.78, 5) is 17.8. The number of rotatable bonds is 4. The third kappa shape index (κ3) is 4.14. The molecule has 1 aromatic heterocycles. The van der Waals surface area contributed by atoms with Crippen LogP contribution in [0.15, 0.2) is 47.4 Å². The van der Waals surface area contributed by atoms with Gasteiger partial charge in [0.15, 0.2) is 0 Å². The van der Waals surface area contributed by atoms with Crippen molar-refractivity contribution >= 4 is 40.2 Å². The van der Waals surface area contributed by atoms with Crippen molar-refractivity contribution in [2.75, 3.05) is 6.26 Å². The summed E-state index contributed by atoms with van der Waals surface area (Å²) in [5, 5.41) is 1.33. The van der Waals surface area contributed by atoms with E-state index >= 15 is 0 Å². The number of hydrogen-bond donors (Lipinski definition) is 0. The van der Waals surface area contributed by atoms with Crippen molar-refractivity contribution in [3.8, 4) is 0 Å². The van der Waals surface area contributed by atoms with Gasteiger partial charge in [-0.1, -0.05) is 34.9 Å². The number of carbonyl (C=O) groups is 1. The number of benzene rings is 2. The third-order valence-corrected chi connectivity index (χ3v) is 4.92. The molecule has 0 saturated carbocycles. The van der Waals surface area contributed by atoms with E-state index in [9.17, 15) is 4.79 Å². The van der Waals surface area contributed by atoms with Gasteiger partial charge in [0, 0.05) is 15.8 Å². The van der Waals surface area contributed by atoms with Gasteiger partial charge in [-0.25, -0.2) is 9.78 Å². The van der Waals surface area contributed by atoms with Crippen molar-refractivity contribution in [2.45, 2.75) is 25.3 Å². The summed E-state index contributed by atoms with van der Waals surface area (Å²) in [5.41, 5.74) is 4.14. The quantitative estimate of drug-likeness (QED) is 0.340. The standard InChI is InChI=1S/C20H18ClNO2S/c1-12-6-13(2)8-15(7-12)20(23)24-11-16-9-14-4-5-17(25-3)10-18(14)22-19(16)21/h4-10H,11H2,1-3H3. The Bertz CT molecular complexity index is 936. The first-order chi connectivity index (χ1) is 12.0. The van der Waals surface area contributed by atoms with Gasteiger partial charge in [0.05, 0.1) is 11.1 Å². The molecule has 0 fully saturated rings. The Balaban J connectivity index is 1.80. The second-order valence-corrected chi connectivity index (χ2v) is 7.19. The molecule has 3 rings (SSSR count). The molecule has 0 amide bonds. The highest BCUT2D eigenvalue weighted by Crippen LogP contribution is 2.25. The van der Waals surface area contributed by atoms with Gasteiger partial charge in [-0.3, -0.25) is 0 Å². The van der Waals surface area contributed by atoms with Gasteiger partial charge in [-0.15, -0.1) is 11.8 Å². The normalized spacial score (nSPS) is 10.9. The number of pyridine rings is 1. The molecule has 25 heavy (non-hydrogen) atoms. The monoisotopic (exact) mass is 371 g/mol. The number of nitrogens with zero attached hydrogens (tertiary/aromatic N) is 1. The van der Waals surface area contributed by atoms with Crippen LogP contribution < -0.4 is 0 Å². The lowest BCUT2D eigenvalue weighted by atomic mass is 10.1. The van der Waals surface area contributed by atoms with E-state index < -0.39 is 0 Å². The number of ether oxygens (including phenoxy) is 1. The predicted octanol–water partition coefficient (Wildman–Crippen LogP) is 5.58. The number of carbonyl (C=O) groups excluding carboxylic acids is 1. The summed E-state index contributed by atoms with van der Waals surface area (Å²) in [6, 6.07) is 13.6. The fraction of sp³-hybridized carbons (Fsp3) is 0.200. The van der Waals surface area contributed by atoms with Gasteiger partial charge in [0.25, 0.3) is 0 Å². The van der Waals surface area contributed by atoms with Gasteiger partial charge in [0.1, 0.15) is 11.8 Å². The highest BCUT2D eigenvalue weighted by molar-refractivity contribution is 7.98. The van der Waals surface area contributed by atoms with Crippen molar-refractivity contribution < 1.29 is 9.53 Å². The van der Waals surface area contributed by atoms with Crippen LogP contribution in [0.5, 0.6) is 0 Å². The molecule has 0 radical (unpaired) electrons. The first-order valence-electron chi connectivity index (χ1n) is 7.85. The third-order valence-electron chi connectivity index (χ3n) is 3.87. The first kappa shape index (κ1) is 17.8. The zero-order valence-corrected chi connectivity index (χ0v) is 15.9. The number of thioether (sulfide) groups is 1. The molecule has 3 nitrogen and oxygen atoms in total. The summed E-state index contributed by atoms with van der Waals surface area (Å²) in [6.45, 7) is 4.01. The van der Waals surface area contributed by atoms with Crippen LogP contribution in [0.3, 0.4) is 0 Å². The van der Waals surface area contributed by atoms with Crippen molar-refractivity contribution in [1.82, 2.24) is 4.98 Å². The van der Waals surface area contributed by atoms with Crippen LogP contribution in [0.25, 0.3) is 10.9 Å². The van der Waals surface area contributed by atoms with Crippen LogP contribution >= 0.6 is 23.4 Å². The maximum atomic E-state index is 12.3. The van der Waals surface area contributed by atoms with Gasteiger partial charge in [-0.2, -0.15) is 0 Å². The maximum absolute atomic E-state index is 12.3. The number of hydrogen-bond acceptors (Lipinski definition) is 4. The van der Waals surface area contributed by atoms with E-state index in [1.54, 1.807) is 11.8 Å². The van der Waals surface area contributed by atoms with Gasteiger partial charge in [-0.05, 0) is 50.4 Å². The number of fused-ring (bicyclic) bond motifs is 1. The fourth-order valence-electron chi connectivity index (χ4n) is 2.71. The lowest BCUT2D eigenvalue weighted by Gasteiger charge is -2.09. The Morgan fingerprint density at radius 3 is 2.52 bits per heavy atom. The second kappa shape index (κ2) is 7.46. The summed E-state index contributed by atoms with van der Waals surface area (Å²) >= 11 is 7.92. The van der Waals surface area contributed by atoms with Crippen molar-refractivity contribution in [3.63, 3.8) is 0 Å². The van der Waals surface area contributed by atoms with E-state index in [0.29, 0.717) is 16.3 Å². The van der Waals surface area contributed by atoms with E-state index in [0.717, 1.165) is 26.9 Å². The molecule has 3 aromatic rings. The molecule has 0 saturated heterocycles. The molecule has 0 spiro atoms. The van der Waals surface area contributed by atoms with E-state index in [1.165, 1.54) is 0 Å². The van der Waals surface area contributed by atoms with Crippen LogP contribution in [-0.4, -0.2) is 17.2 Å². The van der Waals surface area contributed by atoms with Crippen LogP contribution in [0.1, 0.15) is 27.0 Å². The molecule has 0 aliphatic carbocycles. The van der Waals surface area contributed by atoms with E-state index in [4.69, 9.17) is 16.3 Å². The Labute approximate surface area is 156 Å². The smallest absolute Gasteiger partial charge is 0.338 e. The van der Waals surface area contributed by atoms with Crippen molar-refractivity contribution in [1.29, 1.82) is 0 Å². The van der Waals surface area contributed by atoms with Gasteiger partial charge < -0.3 is 4.74 Å². The van der Waals surface area contributed by atoms with E-state index in [1.807, 2.05) is 62.6 Å². The van der Waals surface area contributed by atoms with E-state index in [-0.39, 0.29) is 12.6 Å². The first-order valence-corrected chi connectivity index (χ1v) is 9.45. The highest BCUT2D eigenvalue weighted by Gasteiger charge is 2.12. The molecule has 2 aromatic carbocycles. The summed E-state index contributed by atoms with van der Waals surface area (Å²) in [6.07, 6.45) is 2.02. The lowest BCUT2D eigenvalue weighted by molar-refractivity contribution is 0.0472. The molecular weight excluding hydrogens is 354 g/mol. The number of esters is 1. The van der Waals surface area contributed by atoms with Crippen LogP contribution in [-0.2, 0) is 11.3 Å². The summed E-state index contributed by atoms with van der Waals surface area (Å²) in [5.74, 6) is -0.360. The Kier molecular flexibility index (Phi) is 5.30. The molecular formula is C20H18ClNO2S. The molecule has 1 heterocycles. The average molecular weight is 372 g/mol. The Morgan fingerprint density at radius 1 is 1.12 bits per heavy atom. The Hall–Kier alpha value is -2.04.